The van der Waals surface area contributed by atoms with Crippen molar-refractivity contribution in [1.82, 2.24) is 9.62 Å². The molecule has 2 rings (SSSR count). The number of ether oxygens (including phenoxy) is 1. The van der Waals surface area contributed by atoms with Crippen LogP contribution in [0.5, 0.6) is 0 Å². The Kier molecular flexibility index (Phi) is 6.61. The lowest BCUT2D eigenvalue weighted by Gasteiger charge is -2.30. The molecular weight excluding hydrogens is 336 g/mol. The number of methoxy groups -OCH3 is 1. The van der Waals surface area contributed by atoms with Crippen LogP contribution in [-0.4, -0.2) is 52.0 Å². The van der Waals surface area contributed by atoms with Crippen molar-refractivity contribution in [1.29, 1.82) is 0 Å². The van der Waals surface area contributed by atoms with Crippen LogP contribution in [0.4, 0.5) is 0 Å². The van der Waals surface area contributed by atoms with E-state index in [0.717, 1.165) is 24.2 Å². The highest BCUT2D eigenvalue weighted by Gasteiger charge is 2.30. The van der Waals surface area contributed by atoms with Crippen LogP contribution in [0.15, 0.2) is 16.3 Å². The van der Waals surface area contributed by atoms with Crippen LogP contribution in [-0.2, 0) is 14.8 Å². The van der Waals surface area contributed by atoms with Crippen LogP contribution < -0.4 is 5.32 Å². The highest BCUT2D eigenvalue weighted by atomic mass is 35.5. The maximum Gasteiger partial charge on any atom is 0.348 e. The molecule has 0 aromatic carbocycles. The third-order valence-corrected chi connectivity index (χ3v) is 6.40. The Hall–Kier alpha value is -0.670. The molecule has 0 bridgehead atoms. The number of carbonyl (C=O) groups excluding carboxylic acids is 1. The lowest BCUT2D eigenvalue weighted by atomic mass is 10.1. The molecule has 9 heteroatoms. The van der Waals surface area contributed by atoms with E-state index in [1.807, 2.05) is 7.05 Å². The zero-order valence-electron chi connectivity index (χ0n) is 11.9. The van der Waals surface area contributed by atoms with E-state index < -0.39 is 16.0 Å². The molecule has 0 spiro atoms. The monoisotopic (exact) mass is 354 g/mol. The third-order valence-electron chi connectivity index (χ3n) is 3.46. The van der Waals surface area contributed by atoms with Crippen molar-refractivity contribution in [3.8, 4) is 0 Å². The second-order valence-corrected chi connectivity index (χ2v) is 7.45. The van der Waals surface area contributed by atoms with E-state index in [1.165, 1.54) is 22.9 Å². The number of piperidine rings is 1. The van der Waals surface area contributed by atoms with Crippen LogP contribution in [0, 0.1) is 0 Å². The Balaban J connectivity index is 0.00000220. The fourth-order valence-corrected chi connectivity index (χ4v) is 4.84. The normalized spacial score (nSPS) is 17.2. The van der Waals surface area contributed by atoms with Crippen molar-refractivity contribution in [2.45, 2.75) is 23.8 Å². The molecule has 6 nitrogen and oxygen atoms in total. The number of nitrogens with zero attached hydrogens (tertiary/aromatic N) is 1. The molecule has 0 amide bonds. The lowest BCUT2D eigenvalue weighted by molar-refractivity contribution is 0.0606. The molecule has 21 heavy (non-hydrogen) atoms. The number of hydrogen-bond acceptors (Lipinski definition) is 6. The summed E-state index contributed by atoms with van der Waals surface area (Å²) in [6.45, 7) is 0.995. The van der Waals surface area contributed by atoms with Crippen LogP contribution in [0.2, 0.25) is 0 Å². The van der Waals surface area contributed by atoms with E-state index in [2.05, 4.69) is 10.1 Å². The first kappa shape index (κ1) is 18.4. The molecule has 120 valence electrons. The largest absolute Gasteiger partial charge is 0.465 e. The molecule has 1 aromatic rings. The summed E-state index contributed by atoms with van der Waals surface area (Å²) in [7, 11) is -0.345. The summed E-state index contributed by atoms with van der Waals surface area (Å²) in [5.41, 5.74) is 0. The lowest BCUT2D eigenvalue weighted by Crippen LogP contribution is -2.43. The molecule has 1 aromatic heterocycles. The van der Waals surface area contributed by atoms with Gasteiger partial charge in [-0.3, -0.25) is 0 Å². The van der Waals surface area contributed by atoms with Crippen LogP contribution in [0.25, 0.3) is 0 Å². The fraction of sp³-hybridized carbons (Fsp3) is 0.583. The van der Waals surface area contributed by atoms with E-state index >= 15 is 0 Å². The predicted octanol–water partition coefficient (Wildman–Crippen LogP) is 1.33. The summed E-state index contributed by atoms with van der Waals surface area (Å²) in [4.78, 5) is 11.9. The summed E-state index contributed by atoms with van der Waals surface area (Å²) in [6, 6.07) is 1.75. The summed E-state index contributed by atoms with van der Waals surface area (Å²) in [5, 5.41) is 4.65. The number of halogens is 1. The Bertz CT molecular complexity index is 580. The Labute approximate surface area is 134 Å². The maximum atomic E-state index is 12.5. The van der Waals surface area contributed by atoms with Gasteiger partial charge in [-0.15, -0.1) is 23.7 Å². The molecule has 0 atom stereocenters. The molecule has 0 radical (unpaired) electrons. The number of rotatable bonds is 4. The van der Waals surface area contributed by atoms with Gasteiger partial charge in [0.2, 0.25) is 10.0 Å². The number of carbonyl (C=O) groups is 1. The molecule has 2 heterocycles. The molecule has 1 fully saturated rings. The maximum absolute atomic E-state index is 12.5. The van der Waals surface area contributed by atoms with E-state index in [0.29, 0.717) is 24.0 Å². The zero-order chi connectivity index (χ0) is 14.8. The van der Waals surface area contributed by atoms with Gasteiger partial charge in [-0.2, -0.15) is 4.31 Å². The second-order valence-electron chi connectivity index (χ2n) is 4.61. The van der Waals surface area contributed by atoms with E-state index in [1.54, 1.807) is 0 Å². The first-order valence-corrected chi connectivity index (χ1v) is 8.65. The van der Waals surface area contributed by atoms with Gasteiger partial charge >= 0.3 is 5.97 Å². The minimum Gasteiger partial charge on any atom is -0.465 e. The molecular formula is C12H19ClN2O4S2. The Morgan fingerprint density at radius 1 is 1.43 bits per heavy atom. The Morgan fingerprint density at radius 3 is 2.57 bits per heavy atom. The van der Waals surface area contributed by atoms with Crippen molar-refractivity contribution in [3.05, 3.63) is 16.3 Å². The average Bonchev–Trinajstić information content (AvgIpc) is 2.97. The minimum absolute atomic E-state index is 0. The number of esters is 1. The first-order chi connectivity index (χ1) is 9.48. The van der Waals surface area contributed by atoms with Gasteiger partial charge < -0.3 is 10.1 Å². The smallest absolute Gasteiger partial charge is 0.348 e. The average molecular weight is 355 g/mol. The zero-order valence-corrected chi connectivity index (χ0v) is 14.3. The van der Waals surface area contributed by atoms with Crippen molar-refractivity contribution in [2.75, 3.05) is 27.2 Å². The Morgan fingerprint density at radius 2 is 2.05 bits per heavy atom. The second kappa shape index (κ2) is 7.55. The van der Waals surface area contributed by atoms with Crippen LogP contribution >= 0.6 is 23.7 Å². The van der Waals surface area contributed by atoms with Crippen molar-refractivity contribution >= 4 is 39.7 Å². The van der Waals surface area contributed by atoms with Crippen molar-refractivity contribution < 1.29 is 17.9 Å². The molecule has 0 saturated carbocycles. The van der Waals surface area contributed by atoms with Gasteiger partial charge in [-0.25, -0.2) is 13.2 Å². The quantitative estimate of drug-likeness (QED) is 0.825. The first-order valence-electron chi connectivity index (χ1n) is 6.33. The number of sulfonamides is 1. The fourth-order valence-electron chi connectivity index (χ4n) is 2.20. The molecule has 1 saturated heterocycles. The number of nitrogens with one attached hydrogen (secondary N) is 1. The van der Waals surface area contributed by atoms with E-state index in [-0.39, 0.29) is 17.3 Å². The topological polar surface area (TPSA) is 75.7 Å². The van der Waals surface area contributed by atoms with Gasteiger partial charge in [0, 0.05) is 24.5 Å². The summed E-state index contributed by atoms with van der Waals surface area (Å²) in [5.74, 6) is -0.509. The van der Waals surface area contributed by atoms with Gasteiger partial charge in [-0.1, -0.05) is 0 Å². The van der Waals surface area contributed by atoms with Gasteiger partial charge in [0.05, 0.1) is 12.0 Å². The van der Waals surface area contributed by atoms with Gasteiger partial charge in [0.15, 0.2) is 0 Å². The molecule has 1 aliphatic heterocycles. The predicted molar refractivity (Wildman–Crippen MR) is 83.7 cm³/mol. The minimum atomic E-state index is -3.51. The van der Waals surface area contributed by atoms with Crippen molar-refractivity contribution in [3.63, 3.8) is 0 Å². The summed E-state index contributed by atoms with van der Waals surface area (Å²) < 4.78 is 31.0. The molecule has 0 aliphatic carbocycles. The molecule has 1 aliphatic rings. The summed E-state index contributed by atoms with van der Waals surface area (Å²) >= 11 is 1.09. The standard InChI is InChI=1S/C12H18N2O4S2.ClH/c1-13-9-3-5-14(6-4-9)20(16,17)10-7-11(19-8-10)12(15)18-2;/h7-9,13H,3-6H2,1-2H3;1H. The van der Waals surface area contributed by atoms with Crippen molar-refractivity contribution in [2.24, 2.45) is 0 Å². The highest BCUT2D eigenvalue weighted by molar-refractivity contribution is 7.89. The summed E-state index contributed by atoms with van der Waals surface area (Å²) in [6.07, 6.45) is 1.59. The van der Waals surface area contributed by atoms with Gasteiger partial charge in [0.1, 0.15) is 4.88 Å². The number of hydrogen-bond donors (Lipinski definition) is 1. The van der Waals surface area contributed by atoms with Gasteiger partial charge in [-0.05, 0) is 26.0 Å². The third kappa shape index (κ3) is 3.95. The molecule has 0 unspecified atom stereocenters. The van der Waals surface area contributed by atoms with Crippen LogP contribution in [0.1, 0.15) is 22.5 Å². The van der Waals surface area contributed by atoms with E-state index in [4.69, 9.17) is 0 Å². The SMILES string of the molecule is CNC1CCN(S(=O)(=O)c2csc(C(=O)OC)c2)CC1.Cl. The van der Waals surface area contributed by atoms with Gasteiger partial charge in [0.25, 0.3) is 0 Å². The van der Waals surface area contributed by atoms with Crippen LogP contribution in [0.3, 0.4) is 0 Å². The van der Waals surface area contributed by atoms with E-state index in [9.17, 15) is 13.2 Å². The highest BCUT2D eigenvalue weighted by Crippen LogP contribution is 2.25. The number of thiophene rings is 1. The molecule has 1 N–H and O–H groups in total.